The number of halogens is 1. The van der Waals surface area contributed by atoms with E-state index in [1.54, 1.807) is 13.0 Å². The van der Waals surface area contributed by atoms with E-state index in [1.165, 1.54) is 4.90 Å². The summed E-state index contributed by atoms with van der Waals surface area (Å²) in [5.74, 6) is -1.30. The third kappa shape index (κ3) is 4.21. The van der Waals surface area contributed by atoms with Gasteiger partial charge in [-0.1, -0.05) is 30.3 Å². The Labute approximate surface area is 136 Å². The van der Waals surface area contributed by atoms with Crippen LogP contribution in [0, 0.1) is 6.92 Å². The maximum Gasteiger partial charge on any atom is 0.323 e. The van der Waals surface area contributed by atoms with Crippen molar-refractivity contribution in [1.29, 1.82) is 0 Å². The Hall–Kier alpha value is -2.08. The van der Waals surface area contributed by atoms with E-state index >= 15 is 0 Å². The summed E-state index contributed by atoms with van der Waals surface area (Å²) in [6.45, 7) is 1.70. The van der Waals surface area contributed by atoms with Gasteiger partial charge in [0.25, 0.3) is 5.91 Å². The molecule has 0 spiro atoms. The Morgan fingerprint density at radius 3 is 2.50 bits per heavy atom. The molecule has 0 fully saturated rings. The number of carbonyl (C=O) groups excluding carboxylic acids is 1. The van der Waals surface area contributed by atoms with Gasteiger partial charge in [0.1, 0.15) is 6.54 Å². The molecule has 1 amide bonds. The normalized spacial score (nSPS) is 10.5. The summed E-state index contributed by atoms with van der Waals surface area (Å²) in [6.07, 6.45) is 0.584. The molecule has 0 atom stereocenters. The third-order valence-electron chi connectivity index (χ3n) is 3.21. The summed E-state index contributed by atoms with van der Waals surface area (Å²) in [7, 11) is 0. The Kier molecular flexibility index (Phi) is 5.38. The van der Waals surface area contributed by atoms with Crippen LogP contribution in [0.1, 0.15) is 21.7 Å². The number of aryl methyl sites for hydroxylation is 1. The number of carboxylic acids is 1. The number of furan rings is 1. The summed E-state index contributed by atoms with van der Waals surface area (Å²) in [5.41, 5.74) is 1.72. The predicted octanol–water partition coefficient (Wildman–Crippen LogP) is 3.12. The molecule has 1 N–H and O–H groups in total. The average molecular weight is 366 g/mol. The molecule has 0 unspecified atom stereocenters. The van der Waals surface area contributed by atoms with Crippen molar-refractivity contribution < 1.29 is 19.1 Å². The Morgan fingerprint density at radius 2 is 1.95 bits per heavy atom. The molecule has 0 aliphatic carbocycles. The maximum absolute atomic E-state index is 12.5. The van der Waals surface area contributed by atoms with Crippen LogP contribution in [-0.2, 0) is 11.2 Å². The molecule has 0 aliphatic heterocycles. The highest BCUT2D eigenvalue weighted by molar-refractivity contribution is 9.10. The number of amides is 1. The molecule has 1 heterocycles. The molecular weight excluding hydrogens is 350 g/mol. The molecule has 0 aliphatic rings. The zero-order chi connectivity index (χ0) is 16.1. The van der Waals surface area contributed by atoms with Crippen LogP contribution in [0.15, 0.2) is 45.5 Å². The molecule has 5 nitrogen and oxygen atoms in total. The van der Waals surface area contributed by atoms with Gasteiger partial charge in [0, 0.05) is 12.1 Å². The van der Waals surface area contributed by atoms with Gasteiger partial charge in [-0.05, 0) is 40.9 Å². The highest BCUT2D eigenvalue weighted by atomic mass is 79.9. The van der Waals surface area contributed by atoms with Crippen molar-refractivity contribution in [3.05, 3.63) is 58.0 Å². The molecule has 116 valence electrons. The molecule has 1 aromatic carbocycles. The Morgan fingerprint density at radius 1 is 1.27 bits per heavy atom. The standard InChI is InChI=1S/C16H16BrNO4/c1-11-9-13(17)22-15(11)16(21)18(10-14(19)20)8-7-12-5-3-2-4-6-12/h2-6,9H,7-8,10H2,1H3,(H,19,20). The van der Waals surface area contributed by atoms with Gasteiger partial charge in [0.15, 0.2) is 10.4 Å². The van der Waals surface area contributed by atoms with Gasteiger partial charge in [-0.15, -0.1) is 0 Å². The minimum Gasteiger partial charge on any atom is -0.480 e. The fourth-order valence-electron chi connectivity index (χ4n) is 2.12. The van der Waals surface area contributed by atoms with Crippen LogP contribution in [0.2, 0.25) is 0 Å². The number of carbonyl (C=O) groups is 2. The van der Waals surface area contributed by atoms with Gasteiger partial charge >= 0.3 is 5.97 Å². The minimum absolute atomic E-state index is 0.168. The molecular formula is C16H16BrNO4. The smallest absolute Gasteiger partial charge is 0.323 e. The predicted molar refractivity (Wildman–Crippen MR) is 84.8 cm³/mol. The average Bonchev–Trinajstić information content (AvgIpc) is 2.82. The highest BCUT2D eigenvalue weighted by Gasteiger charge is 2.23. The zero-order valence-electron chi connectivity index (χ0n) is 12.1. The van der Waals surface area contributed by atoms with E-state index in [0.717, 1.165) is 5.56 Å². The van der Waals surface area contributed by atoms with Crippen LogP contribution in [0.4, 0.5) is 0 Å². The van der Waals surface area contributed by atoms with E-state index in [1.807, 2.05) is 30.3 Å². The Bertz CT molecular complexity index is 666. The topological polar surface area (TPSA) is 70.8 Å². The lowest BCUT2D eigenvalue weighted by Crippen LogP contribution is -2.37. The number of benzene rings is 1. The van der Waals surface area contributed by atoms with Gasteiger partial charge < -0.3 is 14.4 Å². The lowest BCUT2D eigenvalue weighted by Gasteiger charge is -2.20. The SMILES string of the molecule is Cc1cc(Br)oc1C(=O)N(CCc1ccccc1)CC(=O)O. The summed E-state index contributed by atoms with van der Waals surface area (Å²) in [4.78, 5) is 24.8. The van der Waals surface area contributed by atoms with Crippen molar-refractivity contribution in [3.63, 3.8) is 0 Å². The first-order chi connectivity index (χ1) is 10.5. The summed E-state index contributed by atoms with van der Waals surface area (Å²) in [6, 6.07) is 11.3. The van der Waals surface area contributed by atoms with Gasteiger partial charge in [-0.2, -0.15) is 0 Å². The second-order valence-electron chi connectivity index (χ2n) is 4.92. The molecule has 2 rings (SSSR count). The lowest BCUT2D eigenvalue weighted by atomic mass is 10.1. The number of carboxylic acid groups (broad SMARTS) is 1. The minimum atomic E-state index is -1.05. The van der Waals surface area contributed by atoms with E-state index in [0.29, 0.717) is 23.2 Å². The van der Waals surface area contributed by atoms with E-state index in [-0.39, 0.29) is 12.3 Å². The van der Waals surface area contributed by atoms with Crippen molar-refractivity contribution in [2.45, 2.75) is 13.3 Å². The van der Waals surface area contributed by atoms with E-state index in [2.05, 4.69) is 15.9 Å². The van der Waals surface area contributed by atoms with Crippen LogP contribution >= 0.6 is 15.9 Å². The Balaban J connectivity index is 2.13. The molecule has 0 bridgehead atoms. The van der Waals surface area contributed by atoms with Crippen molar-refractivity contribution in [3.8, 4) is 0 Å². The van der Waals surface area contributed by atoms with Crippen LogP contribution < -0.4 is 0 Å². The van der Waals surface area contributed by atoms with E-state index < -0.39 is 11.9 Å². The van der Waals surface area contributed by atoms with Crippen molar-refractivity contribution in [2.24, 2.45) is 0 Å². The second kappa shape index (κ2) is 7.26. The van der Waals surface area contributed by atoms with Crippen LogP contribution in [0.5, 0.6) is 0 Å². The summed E-state index contributed by atoms with van der Waals surface area (Å²) >= 11 is 3.17. The molecule has 1 aromatic heterocycles. The van der Waals surface area contributed by atoms with Crippen LogP contribution in [0.3, 0.4) is 0 Å². The number of hydrogen-bond acceptors (Lipinski definition) is 3. The second-order valence-corrected chi connectivity index (χ2v) is 5.70. The fourth-order valence-corrected chi connectivity index (χ4v) is 2.63. The largest absolute Gasteiger partial charge is 0.480 e. The van der Waals surface area contributed by atoms with Crippen LogP contribution in [0.25, 0.3) is 0 Å². The molecule has 0 saturated carbocycles. The van der Waals surface area contributed by atoms with E-state index in [9.17, 15) is 9.59 Å². The molecule has 0 radical (unpaired) electrons. The lowest BCUT2D eigenvalue weighted by molar-refractivity contribution is -0.137. The van der Waals surface area contributed by atoms with Gasteiger partial charge in [0.2, 0.25) is 0 Å². The van der Waals surface area contributed by atoms with Gasteiger partial charge in [0.05, 0.1) is 0 Å². The highest BCUT2D eigenvalue weighted by Crippen LogP contribution is 2.21. The van der Waals surface area contributed by atoms with Crippen molar-refractivity contribution >= 4 is 27.8 Å². The monoisotopic (exact) mass is 365 g/mol. The van der Waals surface area contributed by atoms with Gasteiger partial charge in [-0.3, -0.25) is 9.59 Å². The molecule has 2 aromatic rings. The third-order valence-corrected chi connectivity index (χ3v) is 3.60. The quantitative estimate of drug-likeness (QED) is 0.853. The first kappa shape index (κ1) is 16.3. The number of rotatable bonds is 6. The van der Waals surface area contributed by atoms with Crippen LogP contribution in [-0.4, -0.2) is 35.0 Å². The van der Waals surface area contributed by atoms with E-state index in [4.69, 9.17) is 9.52 Å². The van der Waals surface area contributed by atoms with Gasteiger partial charge in [-0.25, -0.2) is 0 Å². The van der Waals surface area contributed by atoms with Crippen molar-refractivity contribution in [2.75, 3.05) is 13.1 Å². The fraction of sp³-hybridized carbons (Fsp3) is 0.250. The maximum atomic E-state index is 12.5. The first-order valence-electron chi connectivity index (χ1n) is 6.78. The molecule has 0 saturated heterocycles. The number of hydrogen-bond donors (Lipinski definition) is 1. The summed E-state index contributed by atoms with van der Waals surface area (Å²) < 4.78 is 5.77. The van der Waals surface area contributed by atoms with Crippen molar-refractivity contribution in [1.82, 2.24) is 4.90 Å². The number of nitrogens with zero attached hydrogens (tertiary/aromatic N) is 1. The molecule has 22 heavy (non-hydrogen) atoms. The number of aliphatic carboxylic acids is 1. The molecule has 6 heteroatoms. The first-order valence-corrected chi connectivity index (χ1v) is 7.57. The zero-order valence-corrected chi connectivity index (χ0v) is 13.7. The summed E-state index contributed by atoms with van der Waals surface area (Å²) in [5, 5.41) is 9.02.